The lowest BCUT2D eigenvalue weighted by atomic mass is 10.1. The summed E-state index contributed by atoms with van der Waals surface area (Å²) in [6.45, 7) is 0.442. The number of ether oxygens (including phenoxy) is 3. The second-order valence-corrected chi connectivity index (χ2v) is 10.7. The van der Waals surface area contributed by atoms with E-state index in [9.17, 15) is 8.42 Å². The molecule has 0 saturated carbocycles. The summed E-state index contributed by atoms with van der Waals surface area (Å²) < 4.78 is 49.4. The van der Waals surface area contributed by atoms with E-state index in [2.05, 4.69) is 25.2 Å². The second kappa shape index (κ2) is 8.56. The number of rotatable bonds is 7. The SMILES string of the molecule is O=S(=O)(NC1COC2C1OCC2n1nnnc1Oc1ccc(-n2ccnc2)cc1)c1cccs1. The summed E-state index contributed by atoms with van der Waals surface area (Å²) >= 11 is 1.16. The van der Waals surface area contributed by atoms with Crippen LogP contribution in [0.15, 0.2) is 64.7 Å². The molecule has 0 aliphatic carbocycles. The third kappa shape index (κ3) is 3.88. The van der Waals surface area contributed by atoms with Gasteiger partial charge in [0.05, 0.1) is 25.6 Å². The molecule has 4 unspecified atom stereocenters. The Labute approximate surface area is 198 Å². The fraction of sp³-hybridized carbons (Fsp3) is 0.300. The average molecular weight is 502 g/mol. The highest BCUT2D eigenvalue weighted by Crippen LogP contribution is 2.36. The van der Waals surface area contributed by atoms with Crippen molar-refractivity contribution >= 4 is 21.4 Å². The predicted molar refractivity (Wildman–Crippen MR) is 118 cm³/mol. The van der Waals surface area contributed by atoms with Gasteiger partial charge in [-0.3, -0.25) is 0 Å². The number of hydrogen-bond donors (Lipinski definition) is 1. The van der Waals surface area contributed by atoms with Crippen molar-refractivity contribution in [2.45, 2.75) is 28.5 Å². The Hall–Kier alpha value is -3.17. The highest BCUT2D eigenvalue weighted by molar-refractivity contribution is 7.91. The predicted octanol–water partition coefficient (Wildman–Crippen LogP) is 1.40. The van der Waals surface area contributed by atoms with E-state index in [1.165, 1.54) is 4.68 Å². The summed E-state index contributed by atoms with van der Waals surface area (Å²) in [5.41, 5.74) is 0.937. The second-order valence-electron chi connectivity index (χ2n) is 7.80. The zero-order valence-electron chi connectivity index (χ0n) is 17.5. The number of tetrazole rings is 1. The Morgan fingerprint density at radius 1 is 1.12 bits per heavy atom. The van der Waals surface area contributed by atoms with E-state index >= 15 is 0 Å². The van der Waals surface area contributed by atoms with Crippen LogP contribution >= 0.6 is 11.3 Å². The van der Waals surface area contributed by atoms with Crippen molar-refractivity contribution < 1.29 is 22.6 Å². The van der Waals surface area contributed by atoms with Crippen LogP contribution in [0.25, 0.3) is 5.69 Å². The van der Waals surface area contributed by atoms with E-state index in [1.54, 1.807) is 30.0 Å². The first kappa shape index (κ1) is 21.4. The van der Waals surface area contributed by atoms with Crippen molar-refractivity contribution in [1.29, 1.82) is 0 Å². The van der Waals surface area contributed by atoms with E-state index in [-0.39, 0.29) is 29.5 Å². The maximum absolute atomic E-state index is 12.6. The van der Waals surface area contributed by atoms with E-state index in [0.29, 0.717) is 5.75 Å². The third-order valence-electron chi connectivity index (χ3n) is 5.72. The molecule has 5 heterocycles. The third-order valence-corrected chi connectivity index (χ3v) is 8.61. The summed E-state index contributed by atoms with van der Waals surface area (Å²) in [4.78, 5) is 4.04. The lowest BCUT2D eigenvalue weighted by Crippen LogP contribution is -2.43. The molecular weight excluding hydrogens is 482 g/mol. The molecule has 2 aliphatic rings. The lowest BCUT2D eigenvalue weighted by Gasteiger charge is -2.18. The minimum Gasteiger partial charge on any atom is -0.423 e. The molecule has 1 N–H and O–H groups in total. The highest BCUT2D eigenvalue weighted by atomic mass is 32.2. The van der Waals surface area contributed by atoms with Crippen LogP contribution in [0, 0.1) is 0 Å². The summed E-state index contributed by atoms with van der Waals surface area (Å²) in [7, 11) is -3.65. The normalized spacial score (nSPS) is 24.4. The topological polar surface area (TPSA) is 135 Å². The van der Waals surface area contributed by atoms with Crippen molar-refractivity contribution in [3.05, 3.63) is 60.5 Å². The molecule has 176 valence electrons. The monoisotopic (exact) mass is 501 g/mol. The van der Waals surface area contributed by atoms with E-state index < -0.39 is 28.3 Å². The molecule has 2 saturated heterocycles. The number of nitrogens with zero attached hydrogens (tertiary/aromatic N) is 6. The average Bonchev–Trinajstić information content (AvgIpc) is 3.65. The lowest BCUT2D eigenvalue weighted by molar-refractivity contribution is 0.0615. The molecule has 34 heavy (non-hydrogen) atoms. The van der Waals surface area contributed by atoms with Gasteiger partial charge in [0.1, 0.15) is 28.2 Å². The van der Waals surface area contributed by atoms with Crippen LogP contribution in [0.3, 0.4) is 0 Å². The van der Waals surface area contributed by atoms with Crippen molar-refractivity contribution in [2.75, 3.05) is 13.2 Å². The van der Waals surface area contributed by atoms with Gasteiger partial charge in [-0.1, -0.05) is 11.2 Å². The number of nitrogens with one attached hydrogen (secondary N) is 1. The van der Waals surface area contributed by atoms with Crippen molar-refractivity contribution in [3.8, 4) is 17.4 Å². The van der Waals surface area contributed by atoms with Gasteiger partial charge >= 0.3 is 6.01 Å². The number of thiophene rings is 1. The Morgan fingerprint density at radius 2 is 1.97 bits per heavy atom. The molecule has 14 heteroatoms. The molecule has 6 rings (SSSR count). The standard InChI is InChI=1S/C20H19N7O5S2/c28-34(29,17-2-1-9-33-17)23-15-10-30-19-16(11-31-18(15)19)27-20(22-24-25-27)32-14-5-3-13(4-6-14)26-8-7-21-12-26/h1-9,12,15-16,18-19,23H,10-11H2. The minimum absolute atomic E-state index is 0.185. The summed E-state index contributed by atoms with van der Waals surface area (Å²) in [5.74, 6) is 0.560. The van der Waals surface area contributed by atoms with Gasteiger partial charge in [0.2, 0.25) is 10.0 Å². The number of sulfonamides is 1. The van der Waals surface area contributed by atoms with Crippen LogP contribution in [0.1, 0.15) is 6.04 Å². The zero-order chi connectivity index (χ0) is 23.1. The first-order valence-corrected chi connectivity index (χ1v) is 12.8. The summed E-state index contributed by atoms with van der Waals surface area (Å²) in [6.07, 6.45) is 4.37. The molecule has 0 radical (unpaired) electrons. The number of hydrogen-bond acceptors (Lipinski definition) is 10. The maximum atomic E-state index is 12.6. The Balaban J connectivity index is 1.16. The largest absolute Gasteiger partial charge is 0.423 e. The van der Waals surface area contributed by atoms with Crippen LogP contribution in [0.4, 0.5) is 0 Å². The van der Waals surface area contributed by atoms with Gasteiger partial charge in [0.15, 0.2) is 0 Å². The zero-order valence-corrected chi connectivity index (χ0v) is 19.2. The molecule has 0 spiro atoms. The molecule has 4 atom stereocenters. The number of benzene rings is 1. The summed E-state index contributed by atoms with van der Waals surface area (Å²) in [6, 6.07) is 9.97. The Kier molecular flexibility index (Phi) is 5.38. The van der Waals surface area contributed by atoms with Gasteiger partial charge in [0.25, 0.3) is 0 Å². The van der Waals surface area contributed by atoms with Crippen LogP contribution < -0.4 is 9.46 Å². The first-order chi connectivity index (χ1) is 16.6. The quantitative estimate of drug-likeness (QED) is 0.399. The van der Waals surface area contributed by atoms with Crippen LogP contribution in [-0.4, -0.2) is 69.6 Å². The molecule has 0 bridgehead atoms. The molecule has 0 amide bonds. The fourth-order valence-corrected chi connectivity index (χ4v) is 6.37. The van der Waals surface area contributed by atoms with Gasteiger partial charge in [-0.05, 0) is 46.1 Å². The van der Waals surface area contributed by atoms with Gasteiger partial charge in [0, 0.05) is 18.1 Å². The van der Waals surface area contributed by atoms with E-state index in [1.807, 2.05) is 35.0 Å². The molecule has 12 nitrogen and oxygen atoms in total. The molecule has 2 fully saturated rings. The minimum atomic E-state index is -3.65. The molecular formula is C20H19N7O5S2. The van der Waals surface area contributed by atoms with Gasteiger partial charge < -0.3 is 18.8 Å². The van der Waals surface area contributed by atoms with Gasteiger partial charge in [-0.25, -0.2) is 18.1 Å². The van der Waals surface area contributed by atoms with Crippen molar-refractivity contribution in [1.82, 2.24) is 34.5 Å². The van der Waals surface area contributed by atoms with Crippen molar-refractivity contribution in [2.24, 2.45) is 0 Å². The Morgan fingerprint density at radius 3 is 2.74 bits per heavy atom. The van der Waals surface area contributed by atoms with Gasteiger partial charge in [-0.15, -0.1) is 11.3 Å². The molecule has 4 aromatic rings. The van der Waals surface area contributed by atoms with E-state index in [0.717, 1.165) is 17.0 Å². The van der Waals surface area contributed by atoms with Crippen LogP contribution in [0.5, 0.6) is 11.8 Å². The fourth-order valence-electron chi connectivity index (χ4n) is 4.13. The smallest absolute Gasteiger partial charge is 0.341 e. The highest BCUT2D eigenvalue weighted by Gasteiger charge is 2.51. The maximum Gasteiger partial charge on any atom is 0.341 e. The first-order valence-electron chi connectivity index (χ1n) is 10.4. The van der Waals surface area contributed by atoms with Gasteiger partial charge in [-0.2, -0.15) is 4.68 Å². The number of aromatic nitrogens is 6. The molecule has 2 aliphatic heterocycles. The molecule has 3 aromatic heterocycles. The van der Waals surface area contributed by atoms with Crippen LogP contribution in [-0.2, 0) is 19.5 Å². The number of imidazole rings is 1. The van der Waals surface area contributed by atoms with Crippen LogP contribution in [0.2, 0.25) is 0 Å². The van der Waals surface area contributed by atoms with Crippen molar-refractivity contribution in [3.63, 3.8) is 0 Å². The summed E-state index contributed by atoms with van der Waals surface area (Å²) in [5, 5.41) is 13.5. The molecule has 1 aromatic carbocycles. The number of fused-ring (bicyclic) bond motifs is 1. The van der Waals surface area contributed by atoms with E-state index in [4.69, 9.17) is 14.2 Å². The Bertz CT molecular complexity index is 1360.